The normalized spacial score (nSPS) is 8.52. The molecule has 0 aliphatic heterocycles. The zero-order chi connectivity index (χ0) is 17.9. The molecule has 0 heterocycles. The van der Waals surface area contributed by atoms with Crippen molar-refractivity contribution < 1.29 is 60.9 Å². The zero-order valence-corrected chi connectivity index (χ0v) is 18.2. The second-order valence-electron chi connectivity index (χ2n) is 4.48. The molecular formula is C18H15ClKN3O2. The number of rotatable bonds is 3. The first-order chi connectivity index (χ1) is 11.5. The molecule has 5 nitrogen and oxygen atoms in total. The maximum absolute atomic E-state index is 10.6. The molecule has 0 saturated heterocycles. The van der Waals surface area contributed by atoms with Crippen LogP contribution in [0.15, 0.2) is 42.5 Å². The summed E-state index contributed by atoms with van der Waals surface area (Å²) >= 11 is 5.72. The number of carbonyl (C=O) groups excluding carboxylic acids is 1. The predicted octanol–water partition coefficient (Wildman–Crippen LogP) is 1.72. The van der Waals surface area contributed by atoms with Gasteiger partial charge in [0, 0.05) is 0 Å². The summed E-state index contributed by atoms with van der Waals surface area (Å²) in [6.07, 6.45) is 0. The fourth-order valence-electron chi connectivity index (χ4n) is 1.64. The van der Waals surface area contributed by atoms with Gasteiger partial charge in [-0.3, -0.25) is 0 Å². The summed E-state index contributed by atoms with van der Waals surface area (Å²) < 4.78 is 5.20. The maximum atomic E-state index is 10.6. The maximum Gasteiger partial charge on any atom is 1.00 e. The van der Waals surface area contributed by atoms with E-state index in [-0.39, 0.29) is 57.3 Å². The molecule has 1 amide bonds. The quantitative estimate of drug-likeness (QED) is 0.759. The van der Waals surface area contributed by atoms with Crippen LogP contribution in [0.4, 0.5) is 5.69 Å². The van der Waals surface area contributed by atoms with Crippen molar-refractivity contribution in [2.24, 2.45) is 0 Å². The van der Waals surface area contributed by atoms with Crippen molar-refractivity contribution in [2.45, 2.75) is 13.8 Å². The van der Waals surface area contributed by atoms with Crippen LogP contribution in [0.1, 0.15) is 25.0 Å². The van der Waals surface area contributed by atoms with Crippen LogP contribution < -0.4 is 56.1 Å². The number of ether oxygens (including phenoxy) is 1. The number of halogens is 1. The van der Waals surface area contributed by atoms with Gasteiger partial charge in [0.25, 0.3) is 0 Å². The Hall–Kier alpha value is -1.38. The number of amides is 1. The Morgan fingerprint density at radius 1 is 1.16 bits per heavy atom. The summed E-state index contributed by atoms with van der Waals surface area (Å²) in [7, 11) is 0. The summed E-state index contributed by atoms with van der Waals surface area (Å²) in [5.41, 5.74) is 1.51. The molecule has 0 spiro atoms. The molecule has 0 bridgehead atoms. The van der Waals surface area contributed by atoms with Crippen molar-refractivity contribution in [1.29, 1.82) is 10.5 Å². The van der Waals surface area contributed by atoms with Gasteiger partial charge in [-0.1, -0.05) is 23.7 Å². The third-order valence-corrected chi connectivity index (χ3v) is 2.97. The molecule has 0 atom stereocenters. The van der Waals surface area contributed by atoms with Crippen molar-refractivity contribution in [1.82, 2.24) is 0 Å². The Bertz CT molecular complexity index is 780. The smallest absolute Gasteiger partial charge is 0.627 e. The number of nitrogens with zero attached hydrogens (tertiary/aromatic N) is 3. The van der Waals surface area contributed by atoms with Crippen LogP contribution in [0.25, 0.3) is 5.32 Å². The van der Waals surface area contributed by atoms with Gasteiger partial charge in [-0.15, -0.1) is 5.69 Å². The van der Waals surface area contributed by atoms with E-state index in [1.165, 1.54) is 19.1 Å². The van der Waals surface area contributed by atoms with Gasteiger partial charge in [0.05, 0.1) is 34.7 Å². The minimum absolute atomic E-state index is 0. The largest absolute Gasteiger partial charge is 1.00 e. The number of hydrogen-bond donors (Lipinski definition) is 0. The van der Waals surface area contributed by atoms with Gasteiger partial charge in [0.1, 0.15) is 11.8 Å². The third-order valence-electron chi connectivity index (χ3n) is 2.65. The van der Waals surface area contributed by atoms with Crippen molar-refractivity contribution in [3.05, 3.63) is 63.9 Å². The monoisotopic (exact) mass is 379 g/mol. The van der Waals surface area contributed by atoms with E-state index < -0.39 is 0 Å². The summed E-state index contributed by atoms with van der Waals surface area (Å²) in [5.74, 6) is 0.521. The molecule has 2 aromatic rings. The molecule has 0 fully saturated rings. The van der Waals surface area contributed by atoms with Gasteiger partial charge in [-0.05, 0) is 44.2 Å². The number of nitriles is 2. The predicted molar refractivity (Wildman–Crippen MR) is 92.2 cm³/mol. The fraction of sp³-hybridized carbons (Fsp3) is 0.167. The van der Waals surface area contributed by atoms with Crippen LogP contribution in [0.2, 0.25) is 5.02 Å². The second-order valence-corrected chi connectivity index (χ2v) is 4.88. The molecular weight excluding hydrogens is 365 g/mol. The van der Waals surface area contributed by atoms with Crippen LogP contribution >= 0.6 is 11.6 Å². The SMILES string of the molecule is CC(=O)[N-]c1ccc(C#N)c(Cl)c1.CCOc1ccc(C#N)cc1.[K+]. The number of hydrogen-bond acceptors (Lipinski definition) is 4. The topological polar surface area (TPSA) is 88.0 Å². The number of carbonyl (C=O) groups is 1. The molecule has 0 saturated carbocycles. The summed E-state index contributed by atoms with van der Waals surface area (Å²) in [6, 6.07) is 15.6. The molecule has 25 heavy (non-hydrogen) atoms. The molecule has 0 unspecified atom stereocenters. The Morgan fingerprint density at radius 3 is 2.24 bits per heavy atom. The van der Waals surface area contributed by atoms with Crippen molar-refractivity contribution in [3.63, 3.8) is 0 Å². The first-order valence-corrected chi connectivity index (χ1v) is 7.42. The molecule has 122 valence electrons. The standard InChI is InChI=1S/C9H7ClN2O.C9H9NO.K/c1-6(13)12-8-3-2-7(5-11)9(10)4-8;1-2-11-9-5-3-8(7-10)4-6-9;/h2-4H,1H3,(H,12,13);3-6H,2H2,1H3;/q;;+1/p-1. The first-order valence-electron chi connectivity index (χ1n) is 7.05. The van der Waals surface area contributed by atoms with Crippen molar-refractivity contribution in [3.8, 4) is 17.9 Å². The molecule has 0 aromatic heterocycles. The van der Waals surface area contributed by atoms with E-state index in [0.29, 0.717) is 28.4 Å². The number of benzene rings is 2. The minimum atomic E-state index is -0.291. The van der Waals surface area contributed by atoms with Gasteiger partial charge in [0.2, 0.25) is 0 Å². The fourth-order valence-corrected chi connectivity index (χ4v) is 1.86. The second kappa shape index (κ2) is 12.9. The zero-order valence-electron chi connectivity index (χ0n) is 14.3. The Morgan fingerprint density at radius 2 is 1.80 bits per heavy atom. The summed E-state index contributed by atoms with van der Waals surface area (Å²) in [5, 5.41) is 21.0. The van der Waals surface area contributed by atoms with E-state index in [1.807, 2.05) is 19.1 Å². The molecule has 2 rings (SSSR count). The Kier molecular flexibility index (Phi) is 12.2. The van der Waals surface area contributed by atoms with Gasteiger partial charge >= 0.3 is 51.4 Å². The summed E-state index contributed by atoms with van der Waals surface area (Å²) in [4.78, 5) is 10.6. The van der Waals surface area contributed by atoms with E-state index in [1.54, 1.807) is 30.3 Å². The Labute approximate surface area is 195 Å². The molecule has 0 aliphatic carbocycles. The average molecular weight is 380 g/mol. The van der Waals surface area contributed by atoms with Crippen LogP contribution in [0, 0.1) is 22.7 Å². The van der Waals surface area contributed by atoms with E-state index in [9.17, 15) is 4.79 Å². The first kappa shape index (κ1) is 23.6. The van der Waals surface area contributed by atoms with Crippen LogP contribution in [0.3, 0.4) is 0 Å². The molecule has 0 N–H and O–H groups in total. The van der Waals surface area contributed by atoms with E-state index in [0.717, 1.165) is 5.75 Å². The third kappa shape index (κ3) is 9.04. The van der Waals surface area contributed by atoms with Gasteiger partial charge in [-0.25, -0.2) is 0 Å². The molecule has 0 aliphatic rings. The minimum Gasteiger partial charge on any atom is -0.627 e. The Balaban J connectivity index is 0.000000449. The van der Waals surface area contributed by atoms with Crippen molar-refractivity contribution >= 4 is 23.2 Å². The van der Waals surface area contributed by atoms with Gasteiger partial charge < -0.3 is 14.8 Å². The molecule has 7 heteroatoms. The van der Waals surface area contributed by atoms with Crippen molar-refractivity contribution in [2.75, 3.05) is 6.61 Å². The summed E-state index contributed by atoms with van der Waals surface area (Å²) in [6.45, 7) is 3.94. The molecule has 2 aromatic carbocycles. The van der Waals surface area contributed by atoms with Crippen LogP contribution in [0.5, 0.6) is 5.75 Å². The molecule has 0 radical (unpaired) electrons. The average Bonchev–Trinajstić information content (AvgIpc) is 2.56. The van der Waals surface area contributed by atoms with Crippen LogP contribution in [-0.2, 0) is 4.79 Å². The van der Waals surface area contributed by atoms with Gasteiger partial charge in [-0.2, -0.15) is 10.5 Å². The van der Waals surface area contributed by atoms with Gasteiger partial charge in [0.15, 0.2) is 0 Å². The van der Waals surface area contributed by atoms with E-state index >= 15 is 0 Å². The van der Waals surface area contributed by atoms with E-state index in [2.05, 4.69) is 5.32 Å². The van der Waals surface area contributed by atoms with E-state index in [4.69, 9.17) is 26.9 Å². The van der Waals surface area contributed by atoms with Crippen LogP contribution in [-0.4, -0.2) is 12.5 Å².